The average molecular weight is 330 g/mol. The standard InChI is InChI=1S/C17H30O6/c1-5-17(4,10-19)23-12-9-22-13-11(8-21-14(12)13)15(20)16(2,3)6-7-18/h11-14,18-19H,5-10H2,1-4H3. The van der Waals surface area contributed by atoms with Crippen molar-refractivity contribution in [2.24, 2.45) is 11.3 Å². The third-order valence-electron chi connectivity index (χ3n) is 5.27. The summed E-state index contributed by atoms with van der Waals surface area (Å²) in [5.74, 6) is -0.253. The minimum Gasteiger partial charge on any atom is -0.396 e. The molecule has 0 amide bonds. The van der Waals surface area contributed by atoms with E-state index in [1.165, 1.54) is 0 Å². The topological polar surface area (TPSA) is 85.2 Å². The molecule has 0 spiro atoms. The van der Waals surface area contributed by atoms with Crippen LogP contribution in [0.25, 0.3) is 0 Å². The fourth-order valence-corrected chi connectivity index (χ4v) is 3.29. The van der Waals surface area contributed by atoms with E-state index in [0.29, 0.717) is 26.1 Å². The first-order valence-electron chi connectivity index (χ1n) is 8.45. The normalized spacial score (nSPS) is 33.5. The van der Waals surface area contributed by atoms with Crippen LogP contribution in [0.2, 0.25) is 0 Å². The van der Waals surface area contributed by atoms with E-state index in [1.807, 2.05) is 27.7 Å². The molecule has 2 aliphatic heterocycles. The van der Waals surface area contributed by atoms with Crippen molar-refractivity contribution in [1.82, 2.24) is 0 Å². The van der Waals surface area contributed by atoms with Crippen molar-refractivity contribution in [2.75, 3.05) is 26.4 Å². The van der Waals surface area contributed by atoms with E-state index in [-0.39, 0.29) is 43.2 Å². The van der Waals surface area contributed by atoms with Gasteiger partial charge in [0.2, 0.25) is 0 Å². The molecule has 5 unspecified atom stereocenters. The monoisotopic (exact) mass is 330 g/mol. The van der Waals surface area contributed by atoms with Gasteiger partial charge in [-0.25, -0.2) is 0 Å². The fourth-order valence-electron chi connectivity index (χ4n) is 3.29. The van der Waals surface area contributed by atoms with Gasteiger partial charge in [0.15, 0.2) is 0 Å². The van der Waals surface area contributed by atoms with Gasteiger partial charge in [0.25, 0.3) is 0 Å². The molecular formula is C17H30O6. The summed E-state index contributed by atoms with van der Waals surface area (Å²) in [7, 11) is 0. The van der Waals surface area contributed by atoms with Crippen LogP contribution in [0.3, 0.4) is 0 Å². The first kappa shape index (κ1) is 18.8. The molecule has 23 heavy (non-hydrogen) atoms. The van der Waals surface area contributed by atoms with E-state index in [2.05, 4.69) is 0 Å². The van der Waals surface area contributed by atoms with Crippen molar-refractivity contribution in [1.29, 1.82) is 0 Å². The molecule has 2 rings (SSSR count). The molecular weight excluding hydrogens is 300 g/mol. The summed E-state index contributed by atoms with van der Waals surface area (Å²) in [4.78, 5) is 12.8. The highest BCUT2D eigenvalue weighted by atomic mass is 16.6. The lowest BCUT2D eigenvalue weighted by Gasteiger charge is -2.31. The zero-order valence-corrected chi connectivity index (χ0v) is 14.6. The van der Waals surface area contributed by atoms with Crippen LogP contribution >= 0.6 is 0 Å². The van der Waals surface area contributed by atoms with Crippen LogP contribution in [0.5, 0.6) is 0 Å². The third-order valence-corrected chi connectivity index (χ3v) is 5.27. The van der Waals surface area contributed by atoms with E-state index in [9.17, 15) is 9.90 Å². The Hall–Kier alpha value is -0.530. The van der Waals surface area contributed by atoms with Gasteiger partial charge >= 0.3 is 0 Å². The highest BCUT2D eigenvalue weighted by molar-refractivity contribution is 5.87. The number of ketones is 1. The van der Waals surface area contributed by atoms with Gasteiger partial charge in [-0.1, -0.05) is 20.8 Å². The summed E-state index contributed by atoms with van der Waals surface area (Å²) < 4.78 is 17.7. The number of fused-ring (bicyclic) bond motifs is 1. The molecule has 0 bridgehead atoms. The Morgan fingerprint density at radius 2 is 1.83 bits per heavy atom. The smallest absolute Gasteiger partial charge is 0.146 e. The minimum absolute atomic E-state index is 0.0155. The first-order chi connectivity index (χ1) is 10.8. The maximum Gasteiger partial charge on any atom is 0.146 e. The van der Waals surface area contributed by atoms with Gasteiger partial charge < -0.3 is 24.4 Å². The molecule has 0 aromatic heterocycles. The number of Topliss-reactive ketones (excluding diaryl/α,β-unsaturated/α-hetero) is 1. The van der Waals surface area contributed by atoms with Crippen LogP contribution < -0.4 is 0 Å². The van der Waals surface area contributed by atoms with E-state index in [4.69, 9.17) is 19.3 Å². The lowest BCUT2D eigenvalue weighted by atomic mass is 9.77. The number of hydrogen-bond donors (Lipinski definition) is 2. The van der Waals surface area contributed by atoms with Crippen LogP contribution in [0, 0.1) is 11.3 Å². The summed E-state index contributed by atoms with van der Waals surface area (Å²) in [6.45, 7) is 8.14. The SMILES string of the molecule is CCC(C)(CO)OC1COC2C(C(=O)C(C)(C)CCO)COC12. The molecule has 0 radical (unpaired) electrons. The Kier molecular flexibility index (Phi) is 5.85. The molecule has 2 fully saturated rings. The molecule has 0 aliphatic carbocycles. The number of ether oxygens (including phenoxy) is 3. The van der Waals surface area contributed by atoms with Gasteiger partial charge in [0.1, 0.15) is 18.0 Å². The van der Waals surface area contributed by atoms with Crippen molar-refractivity contribution in [3.8, 4) is 0 Å². The van der Waals surface area contributed by atoms with Crippen molar-refractivity contribution in [2.45, 2.75) is 64.4 Å². The summed E-state index contributed by atoms with van der Waals surface area (Å²) in [5, 5.41) is 18.7. The second-order valence-corrected chi connectivity index (χ2v) is 7.54. The number of carbonyl (C=O) groups is 1. The number of aliphatic hydroxyl groups is 2. The molecule has 2 heterocycles. The van der Waals surface area contributed by atoms with Gasteiger partial charge in [-0.15, -0.1) is 0 Å². The van der Waals surface area contributed by atoms with Crippen LogP contribution in [-0.2, 0) is 19.0 Å². The summed E-state index contributed by atoms with van der Waals surface area (Å²) in [6, 6.07) is 0. The van der Waals surface area contributed by atoms with Gasteiger partial charge in [-0.3, -0.25) is 4.79 Å². The first-order valence-corrected chi connectivity index (χ1v) is 8.45. The zero-order chi connectivity index (χ0) is 17.3. The quantitative estimate of drug-likeness (QED) is 0.688. The average Bonchev–Trinajstić information content (AvgIpc) is 3.09. The number of aliphatic hydroxyl groups excluding tert-OH is 2. The Morgan fingerprint density at radius 3 is 2.39 bits per heavy atom. The highest BCUT2D eigenvalue weighted by Gasteiger charge is 2.53. The Bertz CT molecular complexity index is 417. The summed E-state index contributed by atoms with van der Waals surface area (Å²) in [5.41, 5.74) is -1.21. The maximum absolute atomic E-state index is 12.8. The Morgan fingerprint density at radius 1 is 1.17 bits per heavy atom. The van der Waals surface area contributed by atoms with Gasteiger partial charge in [-0.2, -0.15) is 0 Å². The van der Waals surface area contributed by atoms with Gasteiger partial charge in [0, 0.05) is 12.0 Å². The number of carbonyl (C=O) groups excluding carboxylic acids is 1. The lowest BCUT2D eigenvalue weighted by molar-refractivity contribution is -0.142. The van der Waals surface area contributed by atoms with Crippen molar-refractivity contribution in [3.63, 3.8) is 0 Å². The summed E-state index contributed by atoms with van der Waals surface area (Å²) >= 11 is 0. The van der Waals surface area contributed by atoms with Crippen molar-refractivity contribution < 1.29 is 29.2 Å². The largest absolute Gasteiger partial charge is 0.396 e. The summed E-state index contributed by atoms with van der Waals surface area (Å²) in [6.07, 6.45) is 0.272. The van der Waals surface area contributed by atoms with Gasteiger partial charge in [-0.05, 0) is 19.8 Å². The van der Waals surface area contributed by atoms with Crippen LogP contribution in [-0.4, -0.2) is 66.3 Å². The van der Waals surface area contributed by atoms with Crippen molar-refractivity contribution >= 4 is 5.78 Å². The molecule has 5 atom stereocenters. The molecule has 6 nitrogen and oxygen atoms in total. The molecule has 2 aliphatic rings. The predicted octanol–water partition coefficient (Wildman–Crippen LogP) is 0.924. The van der Waals surface area contributed by atoms with Crippen LogP contribution in [0.1, 0.15) is 40.5 Å². The van der Waals surface area contributed by atoms with Gasteiger partial charge in [0.05, 0.1) is 37.4 Å². The number of hydrogen-bond acceptors (Lipinski definition) is 6. The highest BCUT2D eigenvalue weighted by Crippen LogP contribution is 2.39. The van der Waals surface area contributed by atoms with E-state index in [1.54, 1.807) is 0 Å². The van der Waals surface area contributed by atoms with Crippen molar-refractivity contribution in [3.05, 3.63) is 0 Å². The minimum atomic E-state index is -0.621. The second-order valence-electron chi connectivity index (χ2n) is 7.54. The maximum atomic E-state index is 12.8. The molecule has 134 valence electrons. The number of rotatable bonds is 8. The Balaban J connectivity index is 2.03. The predicted molar refractivity (Wildman–Crippen MR) is 84.1 cm³/mol. The molecule has 2 saturated heterocycles. The van der Waals surface area contributed by atoms with E-state index in [0.717, 1.165) is 0 Å². The molecule has 0 aromatic carbocycles. The fraction of sp³-hybridized carbons (Fsp3) is 0.941. The van der Waals surface area contributed by atoms with Crippen LogP contribution in [0.4, 0.5) is 0 Å². The molecule has 6 heteroatoms. The molecule has 2 N–H and O–H groups in total. The molecule has 0 aromatic rings. The lowest BCUT2D eigenvalue weighted by Crippen LogP contribution is -2.43. The molecule has 0 saturated carbocycles. The second kappa shape index (κ2) is 7.15. The Labute approximate surface area is 138 Å². The van der Waals surface area contributed by atoms with E-state index < -0.39 is 11.0 Å². The van der Waals surface area contributed by atoms with Crippen LogP contribution in [0.15, 0.2) is 0 Å². The zero-order valence-electron chi connectivity index (χ0n) is 14.6. The third kappa shape index (κ3) is 3.77. The van der Waals surface area contributed by atoms with E-state index >= 15 is 0 Å².